The number of hydrogen-bond acceptors (Lipinski definition) is 1. The number of allylic oxidation sites excluding steroid dienone is 2. The van der Waals surface area contributed by atoms with Crippen LogP contribution in [0.3, 0.4) is 0 Å². The molecule has 9 aromatic carbocycles. The predicted octanol–water partition coefficient (Wildman–Crippen LogP) is 19.6. The molecule has 0 saturated heterocycles. The number of benzene rings is 9. The van der Waals surface area contributed by atoms with Crippen molar-refractivity contribution in [1.29, 1.82) is 0 Å². The van der Waals surface area contributed by atoms with Crippen LogP contribution in [-0.4, -0.2) is 0 Å². The number of hydrogen-bond donors (Lipinski definition) is 0. The van der Waals surface area contributed by atoms with Gasteiger partial charge in [0, 0.05) is 16.2 Å². The number of rotatable bonds is 4. The van der Waals surface area contributed by atoms with Gasteiger partial charge >= 0.3 is 0 Å². The highest BCUT2D eigenvalue weighted by Gasteiger charge is 2.37. The predicted molar refractivity (Wildman–Crippen MR) is 304 cm³/mol. The lowest BCUT2D eigenvalue weighted by atomic mass is 9.80. The van der Waals surface area contributed by atoms with Crippen molar-refractivity contribution < 1.29 is 4.42 Å². The van der Waals surface area contributed by atoms with E-state index in [2.05, 4.69) is 213 Å². The van der Waals surface area contributed by atoms with E-state index in [1.165, 1.54) is 105 Å². The molecule has 0 fully saturated rings. The summed E-state index contributed by atoms with van der Waals surface area (Å²) in [5, 5.41) is 5.15. The first-order chi connectivity index (χ1) is 34.0. The first kappa shape index (κ1) is 49.2. The van der Waals surface area contributed by atoms with Crippen LogP contribution in [0.4, 0.5) is 0 Å². The van der Waals surface area contributed by atoms with Gasteiger partial charge in [0.1, 0.15) is 11.2 Å². The maximum atomic E-state index is 5.73. The third kappa shape index (κ3) is 10.5. The molecule has 0 spiro atoms. The van der Waals surface area contributed by atoms with Gasteiger partial charge in [-0.05, 0) is 154 Å². The van der Waals surface area contributed by atoms with Gasteiger partial charge in [-0.2, -0.15) is 0 Å². The van der Waals surface area contributed by atoms with E-state index in [0.717, 1.165) is 30.4 Å². The van der Waals surface area contributed by atoms with E-state index in [9.17, 15) is 0 Å². The highest BCUT2D eigenvalue weighted by atomic mass is 16.3. The van der Waals surface area contributed by atoms with Crippen molar-refractivity contribution in [2.75, 3.05) is 0 Å². The molecule has 0 bridgehead atoms. The Kier molecular flexibility index (Phi) is 15.5. The number of aryl methyl sites for hydroxylation is 4. The maximum Gasteiger partial charge on any atom is 0.135 e. The third-order valence-electron chi connectivity index (χ3n) is 14.2. The van der Waals surface area contributed by atoms with Gasteiger partial charge in [-0.1, -0.05) is 235 Å². The Morgan fingerprint density at radius 3 is 1.81 bits per heavy atom. The van der Waals surface area contributed by atoms with Gasteiger partial charge in [-0.15, -0.1) is 0 Å². The lowest BCUT2D eigenvalue weighted by Gasteiger charge is -2.23. The fraction of sp³-hybridized carbons (Fsp3) is 0.217. The molecule has 1 unspecified atom stereocenters. The Hall–Kier alpha value is -7.22. The Labute approximate surface area is 418 Å². The van der Waals surface area contributed by atoms with E-state index in [-0.39, 0.29) is 5.41 Å². The van der Waals surface area contributed by atoms with Gasteiger partial charge in [-0.3, -0.25) is 0 Å². The molecular weight excluding hydrogens is 845 g/mol. The van der Waals surface area contributed by atoms with Gasteiger partial charge in [0.25, 0.3) is 0 Å². The minimum atomic E-state index is -0.00191. The summed E-state index contributed by atoms with van der Waals surface area (Å²) in [4.78, 5) is 0. The summed E-state index contributed by atoms with van der Waals surface area (Å²) in [6, 6.07) is 69.8. The minimum Gasteiger partial charge on any atom is -0.456 e. The molecular formula is C69H70O. The molecule has 1 nitrogen and oxygen atoms in total. The van der Waals surface area contributed by atoms with E-state index in [1.54, 1.807) is 0 Å². The fourth-order valence-electron chi connectivity index (χ4n) is 10.3. The topological polar surface area (TPSA) is 13.1 Å². The van der Waals surface area contributed by atoms with Crippen LogP contribution in [0.1, 0.15) is 110 Å². The van der Waals surface area contributed by atoms with E-state index in [1.807, 2.05) is 56.3 Å². The third-order valence-corrected chi connectivity index (χ3v) is 14.2. The highest BCUT2D eigenvalue weighted by molar-refractivity contribution is 6.05. The molecule has 2 aliphatic carbocycles. The lowest BCUT2D eigenvalue weighted by Crippen LogP contribution is -2.15. The molecule has 0 radical (unpaired) electrons. The van der Waals surface area contributed by atoms with Crippen LogP contribution in [0.2, 0.25) is 0 Å². The summed E-state index contributed by atoms with van der Waals surface area (Å²) in [5.74, 6) is 0.439. The van der Waals surface area contributed by atoms with E-state index < -0.39 is 0 Å². The standard InChI is InChI=1S/C39H36.C13H10O.C8H10.C7H8.C2H6/c1-24-14-16-28-10-6-7-12-31(28)32-19-17-29(23-35(24)32)25(2)20-27-15-18-34-36(22-27)39(4,5)37-21-26(3)30-11-8-9-13-33(30)38(34)37;1-9-6-7-11-10-4-2-3-5-12(10)14-13(11)8-9;1-2-8-6-4-3-5-7-8;1-7-5-3-2-4-6-7;1-2/h6-15,17-19,21-23,25H,16,20H2,1-5H3;2-8H,1H3;3-7H,2H2,1H3;2-6H,1H3;1-2H3. The normalized spacial score (nSPS) is 12.9. The first-order valence-electron chi connectivity index (χ1n) is 25.5. The average molecular weight is 915 g/mol. The van der Waals surface area contributed by atoms with Crippen LogP contribution in [0, 0.1) is 20.8 Å². The first-order valence-corrected chi connectivity index (χ1v) is 25.5. The minimum absolute atomic E-state index is 0.00191. The SMILES string of the molecule is CC.CC1=CCc2ccccc2-c2ccc(C(C)Cc3ccc4c(c3)C(C)(C)c3cc(C)c5ccccc5c3-4)cc21.CCc1ccccc1.Cc1ccc2c(c1)oc1ccccc12.Cc1ccccc1. The molecule has 0 aliphatic heterocycles. The van der Waals surface area contributed by atoms with E-state index in [4.69, 9.17) is 4.42 Å². The molecule has 1 aromatic heterocycles. The van der Waals surface area contributed by atoms with Crippen LogP contribution in [-0.2, 0) is 24.7 Å². The molecule has 0 saturated carbocycles. The monoisotopic (exact) mass is 915 g/mol. The van der Waals surface area contributed by atoms with Crippen LogP contribution < -0.4 is 0 Å². The Morgan fingerprint density at radius 2 is 1.11 bits per heavy atom. The summed E-state index contributed by atoms with van der Waals surface area (Å²) in [7, 11) is 0. The molecule has 1 heteroatoms. The molecule has 12 rings (SSSR count). The largest absolute Gasteiger partial charge is 0.456 e. The maximum absolute atomic E-state index is 5.73. The molecule has 2 aliphatic rings. The van der Waals surface area contributed by atoms with E-state index >= 15 is 0 Å². The van der Waals surface area contributed by atoms with E-state index in [0.29, 0.717) is 5.92 Å². The summed E-state index contributed by atoms with van der Waals surface area (Å²) in [6.07, 6.45) is 5.58. The van der Waals surface area contributed by atoms with Gasteiger partial charge in [0.2, 0.25) is 0 Å². The molecule has 0 amide bonds. The smallest absolute Gasteiger partial charge is 0.135 e. The zero-order valence-corrected chi connectivity index (χ0v) is 43.2. The van der Waals surface area contributed by atoms with Gasteiger partial charge in [0.05, 0.1) is 0 Å². The second-order valence-corrected chi connectivity index (χ2v) is 19.4. The molecule has 352 valence electrons. The number of furan rings is 1. The summed E-state index contributed by atoms with van der Waals surface area (Å²) >= 11 is 0. The number of fused-ring (bicyclic) bond motifs is 11. The van der Waals surface area contributed by atoms with Crippen molar-refractivity contribution in [1.82, 2.24) is 0 Å². The van der Waals surface area contributed by atoms with Crippen molar-refractivity contribution >= 4 is 38.3 Å². The zero-order valence-electron chi connectivity index (χ0n) is 43.2. The Bertz CT molecular complexity index is 3400. The van der Waals surface area contributed by atoms with Crippen LogP contribution >= 0.6 is 0 Å². The Morgan fingerprint density at radius 1 is 0.486 bits per heavy atom. The van der Waals surface area contributed by atoms with Crippen LogP contribution in [0.15, 0.2) is 205 Å². The second-order valence-electron chi connectivity index (χ2n) is 19.4. The highest BCUT2D eigenvalue weighted by Crippen LogP contribution is 2.52. The van der Waals surface area contributed by atoms with Crippen molar-refractivity contribution in [3.8, 4) is 22.3 Å². The summed E-state index contributed by atoms with van der Waals surface area (Å²) in [5.41, 5.74) is 22.8. The lowest BCUT2D eigenvalue weighted by molar-refractivity contribution is 0.657. The molecule has 1 atom stereocenters. The van der Waals surface area contributed by atoms with Crippen molar-refractivity contribution in [3.05, 3.63) is 256 Å². The van der Waals surface area contributed by atoms with Crippen LogP contribution in [0.5, 0.6) is 0 Å². The van der Waals surface area contributed by atoms with Crippen molar-refractivity contribution in [2.45, 2.75) is 99.8 Å². The zero-order chi connectivity index (χ0) is 49.4. The van der Waals surface area contributed by atoms with Crippen molar-refractivity contribution in [2.24, 2.45) is 0 Å². The number of para-hydroxylation sites is 1. The van der Waals surface area contributed by atoms with Crippen molar-refractivity contribution in [3.63, 3.8) is 0 Å². The second kappa shape index (κ2) is 22.0. The van der Waals surface area contributed by atoms with Gasteiger partial charge in [0.15, 0.2) is 0 Å². The Balaban J connectivity index is 0.000000170. The molecule has 10 aromatic rings. The fourth-order valence-corrected chi connectivity index (χ4v) is 10.3. The summed E-state index contributed by atoms with van der Waals surface area (Å²) < 4.78 is 5.73. The quantitative estimate of drug-likeness (QED) is 0.171. The van der Waals surface area contributed by atoms with Gasteiger partial charge < -0.3 is 4.42 Å². The molecule has 1 heterocycles. The van der Waals surface area contributed by atoms with Crippen LogP contribution in [0.25, 0.3) is 60.5 Å². The molecule has 70 heavy (non-hydrogen) atoms. The summed E-state index contributed by atoms with van der Waals surface area (Å²) in [6.45, 7) is 22.0. The average Bonchev–Trinajstić information content (AvgIpc) is 3.82. The van der Waals surface area contributed by atoms with Gasteiger partial charge in [-0.25, -0.2) is 0 Å². The molecule has 0 N–H and O–H groups in total.